The molecule has 0 fully saturated rings. The summed E-state index contributed by atoms with van der Waals surface area (Å²) in [6.45, 7) is -0.952. The average Bonchev–Trinajstić information content (AvgIpc) is 2.11. The van der Waals surface area contributed by atoms with E-state index in [4.69, 9.17) is 26.2 Å². The lowest BCUT2D eigenvalue weighted by Crippen LogP contribution is -2.39. The molecule has 0 aliphatic carbocycles. The highest BCUT2D eigenvalue weighted by atomic mass is 16.4. The molecule has 0 aliphatic rings. The van der Waals surface area contributed by atoms with Crippen molar-refractivity contribution in [1.29, 1.82) is 0 Å². The second-order valence-electron chi connectivity index (χ2n) is 2.99. The molecule has 6 nitrogen and oxygen atoms in total. The maximum Gasteiger partial charge on any atom is 0.107 e. The Hall–Kier alpha value is -0.240. The van der Waals surface area contributed by atoms with Crippen LogP contribution >= 0.6 is 0 Å². The third kappa shape index (κ3) is 4.51. The van der Waals surface area contributed by atoms with Crippen LogP contribution in [0, 0.1) is 5.92 Å². The minimum Gasteiger partial charge on any atom is -0.396 e. The zero-order valence-corrected chi connectivity index (χ0v) is 7.24. The van der Waals surface area contributed by atoms with Crippen LogP contribution in [-0.2, 0) is 0 Å². The Morgan fingerprint density at radius 2 is 1.46 bits per heavy atom. The van der Waals surface area contributed by atoms with Gasteiger partial charge in [-0.25, -0.2) is 0 Å². The Bertz CT molecular complexity index is 132. The van der Waals surface area contributed by atoms with Crippen LogP contribution in [0.1, 0.15) is 6.42 Å². The number of aliphatic hydroxyl groups excluding tert-OH is 5. The summed E-state index contributed by atoms with van der Waals surface area (Å²) >= 11 is 0. The molecule has 7 N–H and O–H groups in total. The molecule has 0 amide bonds. The standard InChI is InChI=1S/C7H17NO5/c8-7(13)4(2-9)1-5(11)6(12)3-10/h4-7,9-13H,1-3,8H2. The van der Waals surface area contributed by atoms with Gasteiger partial charge in [0.2, 0.25) is 0 Å². The first-order valence-electron chi connectivity index (χ1n) is 4.04. The van der Waals surface area contributed by atoms with Gasteiger partial charge in [0, 0.05) is 12.5 Å². The molecule has 0 radical (unpaired) electrons. The predicted molar refractivity (Wildman–Crippen MR) is 44.5 cm³/mol. The molecule has 0 spiro atoms. The van der Waals surface area contributed by atoms with Gasteiger partial charge in [0.1, 0.15) is 12.3 Å². The lowest BCUT2D eigenvalue weighted by molar-refractivity contribution is -0.0430. The summed E-state index contributed by atoms with van der Waals surface area (Å²) < 4.78 is 0. The fourth-order valence-corrected chi connectivity index (χ4v) is 0.911. The number of hydrogen-bond acceptors (Lipinski definition) is 6. The first-order chi connectivity index (χ1) is 6.02. The van der Waals surface area contributed by atoms with E-state index in [1.54, 1.807) is 0 Å². The largest absolute Gasteiger partial charge is 0.396 e. The molecule has 0 aromatic carbocycles. The van der Waals surface area contributed by atoms with Gasteiger partial charge in [-0.05, 0) is 6.42 Å². The van der Waals surface area contributed by atoms with Crippen LogP contribution in [0.5, 0.6) is 0 Å². The van der Waals surface area contributed by atoms with Gasteiger partial charge in [-0.15, -0.1) is 0 Å². The molecule has 6 heteroatoms. The van der Waals surface area contributed by atoms with Crippen molar-refractivity contribution in [2.75, 3.05) is 13.2 Å². The van der Waals surface area contributed by atoms with E-state index in [0.717, 1.165) is 0 Å². The van der Waals surface area contributed by atoms with E-state index in [9.17, 15) is 5.11 Å². The van der Waals surface area contributed by atoms with Gasteiger partial charge in [-0.1, -0.05) is 0 Å². The summed E-state index contributed by atoms with van der Waals surface area (Å²) in [6.07, 6.45) is -3.77. The third-order valence-electron chi connectivity index (χ3n) is 1.89. The summed E-state index contributed by atoms with van der Waals surface area (Å²) in [5, 5.41) is 44.2. The normalized spacial score (nSPS) is 20.8. The Morgan fingerprint density at radius 1 is 0.923 bits per heavy atom. The second-order valence-corrected chi connectivity index (χ2v) is 2.99. The summed E-state index contributed by atoms with van der Waals surface area (Å²) in [7, 11) is 0. The first-order valence-corrected chi connectivity index (χ1v) is 4.04. The highest BCUT2D eigenvalue weighted by Crippen LogP contribution is 2.10. The summed E-state index contributed by atoms with van der Waals surface area (Å²) in [5.41, 5.74) is 5.08. The molecule has 0 aromatic rings. The summed E-state index contributed by atoms with van der Waals surface area (Å²) in [6, 6.07) is 0. The number of aliphatic hydroxyl groups is 5. The summed E-state index contributed by atoms with van der Waals surface area (Å²) in [4.78, 5) is 0. The molecule has 80 valence electrons. The van der Waals surface area contributed by atoms with Crippen molar-refractivity contribution < 1.29 is 25.5 Å². The molecule has 0 saturated heterocycles. The van der Waals surface area contributed by atoms with E-state index >= 15 is 0 Å². The van der Waals surface area contributed by atoms with Crippen LogP contribution in [0.25, 0.3) is 0 Å². The van der Waals surface area contributed by atoms with E-state index in [0.29, 0.717) is 0 Å². The molecule has 0 heterocycles. The molecule has 4 atom stereocenters. The maximum atomic E-state index is 9.18. The van der Waals surface area contributed by atoms with Gasteiger partial charge in [0.15, 0.2) is 0 Å². The molecular formula is C7H17NO5. The maximum absolute atomic E-state index is 9.18. The van der Waals surface area contributed by atoms with Crippen LogP contribution < -0.4 is 5.73 Å². The van der Waals surface area contributed by atoms with Crippen LogP contribution in [0.4, 0.5) is 0 Å². The second kappa shape index (κ2) is 6.25. The van der Waals surface area contributed by atoms with Crippen LogP contribution in [0.3, 0.4) is 0 Å². The van der Waals surface area contributed by atoms with Crippen LogP contribution in [-0.4, -0.2) is 57.2 Å². The van der Waals surface area contributed by atoms with Crippen LogP contribution in [0.2, 0.25) is 0 Å². The first kappa shape index (κ1) is 12.8. The molecule has 0 aromatic heterocycles. The number of rotatable bonds is 6. The van der Waals surface area contributed by atoms with Crippen molar-refractivity contribution in [1.82, 2.24) is 0 Å². The molecule has 0 rings (SSSR count). The van der Waals surface area contributed by atoms with Gasteiger partial charge in [0.25, 0.3) is 0 Å². The zero-order valence-electron chi connectivity index (χ0n) is 7.24. The van der Waals surface area contributed by atoms with E-state index < -0.39 is 31.0 Å². The molecule has 4 unspecified atom stereocenters. The smallest absolute Gasteiger partial charge is 0.107 e. The highest BCUT2D eigenvalue weighted by Gasteiger charge is 2.23. The van der Waals surface area contributed by atoms with E-state index in [1.165, 1.54) is 0 Å². The van der Waals surface area contributed by atoms with Gasteiger partial charge in [-0.2, -0.15) is 0 Å². The number of hydrogen-bond donors (Lipinski definition) is 6. The average molecular weight is 195 g/mol. The fourth-order valence-electron chi connectivity index (χ4n) is 0.911. The SMILES string of the molecule is NC(O)C(CO)CC(O)C(O)CO. The zero-order chi connectivity index (χ0) is 10.4. The van der Waals surface area contributed by atoms with Crippen molar-refractivity contribution in [3.05, 3.63) is 0 Å². The van der Waals surface area contributed by atoms with Gasteiger partial charge in [0.05, 0.1) is 12.7 Å². The predicted octanol–water partition coefficient (Wildman–Crippen LogP) is -3.02. The van der Waals surface area contributed by atoms with Crippen molar-refractivity contribution in [3.8, 4) is 0 Å². The van der Waals surface area contributed by atoms with Gasteiger partial charge < -0.3 is 31.3 Å². The van der Waals surface area contributed by atoms with Crippen molar-refractivity contribution in [3.63, 3.8) is 0 Å². The molecule has 0 aliphatic heterocycles. The van der Waals surface area contributed by atoms with E-state index in [-0.39, 0.29) is 13.0 Å². The van der Waals surface area contributed by atoms with Gasteiger partial charge in [-0.3, -0.25) is 0 Å². The number of nitrogens with two attached hydrogens (primary N) is 1. The minimum absolute atomic E-state index is 0.0596. The lowest BCUT2D eigenvalue weighted by Gasteiger charge is -2.22. The van der Waals surface area contributed by atoms with E-state index in [1.807, 2.05) is 0 Å². The fraction of sp³-hybridized carbons (Fsp3) is 1.00. The Balaban J connectivity index is 3.93. The lowest BCUT2D eigenvalue weighted by atomic mass is 9.98. The van der Waals surface area contributed by atoms with Crippen LogP contribution in [0.15, 0.2) is 0 Å². The Morgan fingerprint density at radius 3 is 1.77 bits per heavy atom. The Labute approximate surface area is 76.2 Å². The monoisotopic (exact) mass is 195 g/mol. The minimum atomic E-state index is -1.27. The molecule has 0 saturated carbocycles. The van der Waals surface area contributed by atoms with Crippen molar-refractivity contribution in [2.45, 2.75) is 24.9 Å². The molecule has 13 heavy (non-hydrogen) atoms. The molecule has 0 bridgehead atoms. The third-order valence-corrected chi connectivity index (χ3v) is 1.89. The Kier molecular flexibility index (Phi) is 6.13. The highest BCUT2D eigenvalue weighted by molar-refractivity contribution is 4.73. The van der Waals surface area contributed by atoms with E-state index in [2.05, 4.69) is 0 Å². The quantitative estimate of drug-likeness (QED) is 0.250. The topological polar surface area (TPSA) is 127 Å². The van der Waals surface area contributed by atoms with Gasteiger partial charge >= 0.3 is 0 Å². The summed E-state index contributed by atoms with van der Waals surface area (Å²) in [5.74, 6) is -0.698. The molecular weight excluding hydrogens is 178 g/mol. The van der Waals surface area contributed by atoms with Crippen molar-refractivity contribution in [2.24, 2.45) is 11.7 Å². The van der Waals surface area contributed by atoms with Crippen molar-refractivity contribution >= 4 is 0 Å².